The number of hydrogen-bond acceptors (Lipinski definition) is 4. The van der Waals surface area contributed by atoms with Crippen molar-refractivity contribution < 1.29 is 18.9 Å². The highest BCUT2D eigenvalue weighted by Gasteiger charge is 2.27. The molecule has 0 bridgehead atoms. The fourth-order valence-electron chi connectivity index (χ4n) is 3.05. The number of fused-ring (bicyclic) bond motifs is 3. The van der Waals surface area contributed by atoms with Crippen LogP contribution < -0.4 is 14.2 Å². The molecule has 0 aliphatic carbocycles. The standard InChI is InChI=1S/C19H20O4/c1-5-15-13-8-6-7-9-14(13)17-12(11-23-15)10-16(20-2)18(21-3)19(17)22-4/h5-10,15H,1,11H2,2-4H3. The molecular formula is C19H20O4. The molecule has 3 rings (SSSR count). The summed E-state index contributed by atoms with van der Waals surface area (Å²) in [7, 11) is 4.86. The van der Waals surface area contributed by atoms with Crippen LogP contribution in [0.5, 0.6) is 17.2 Å². The van der Waals surface area contributed by atoms with Crippen LogP contribution in [0.1, 0.15) is 17.2 Å². The van der Waals surface area contributed by atoms with Gasteiger partial charge in [-0.2, -0.15) is 0 Å². The molecule has 4 nitrogen and oxygen atoms in total. The lowest BCUT2D eigenvalue weighted by atomic mass is 9.93. The summed E-state index contributed by atoms with van der Waals surface area (Å²) in [4.78, 5) is 0. The SMILES string of the molecule is C=CC1OCc2cc(OC)c(OC)c(OC)c2-c2ccccc21. The summed E-state index contributed by atoms with van der Waals surface area (Å²) in [6.45, 7) is 4.33. The van der Waals surface area contributed by atoms with Crippen molar-refractivity contribution in [2.75, 3.05) is 21.3 Å². The van der Waals surface area contributed by atoms with Gasteiger partial charge in [-0.15, -0.1) is 6.58 Å². The lowest BCUT2D eigenvalue weighted by Gasteiger charge is -2.19. The fraction of sp³-hybridized carbons (Fsp3) is 0.263. The van der Waals surface area contributed by atoms with Crippen molar-refractivity contribution in [3.63, 3.8) is 0 Å². The van der Waals surface area contributed by atoms with Gasteiger partial charge in [0.05, 0.1) is 27.9 Å². The predicted octanol–water partition coefficient (Wildman–Crippen LogP) is 4.14. The summed E-state index contributed by atoms with van der Waals surface area (Å²) >= 11 is 0. The molecule has 2 aromatic carbocycles. The Labute approximate surface area is 136 Å². The van der Waals surface area contributed by atoms with Gasteiger partial charge in [-0.05, 0) is 22.8 Å². The largest absolute Gasteiger partial charge is 0.493 e. The molecule has 1 atom stereocenters. The topological polar surface area (TPSA) is 36.9 Å². The van der Waals surface area contributed by atoms with E-state index < -0.39 is 0 Å². The Balaban J connectivity index is 2.36. The van der Waals surface area contributed by atoms with Crippen molar-refractivity contribution in [3.8, 4) is 28.4 Å². The Kier molecular flexibility index (Phi) is 4.26. The van der Waals surface area contributed by atoms with Crippen LogP contribution in [0.4, 0.5) is 0 Å². The van der Waals surface area contributed by atoms with E-state index in [0.29, 0.717) is 23.9 Å². The maximum atomic E-state index is 6.01. The summed E-state index contributed by atoms with van der Waals surface area (Å²) in [5.74, 6) is 1.87. The van der Waals surface area contributed by atoms with E-state index in [-0.39, 0.29) is 6.10 Å². The van der Waals surface area contributed by atoms with Crippen molar-refractivity contribution in [2.45, 2.75) is 12.7 Å². The summed E-state index contributed by atoms with van der Waals surface area (Å²) in [6, 6.07) is 10.1. The van der Waals surface area contributed by atoms with E-state index in [4.69, 9.17) is 18.9 Å². The summed E-state index contributed by atoms with van der Waals surface area (Å²) in [5, 5.41) is 0. The molecule has 1 aliphatic rings. The second-order valence-corrected chi connectivity index (χ2v) is 5.23. The zero-order valence-corrected chi connectivity index (χ0v) is 13.6. The number of benzene rings is 2. The first kappa shape index (κ1) is 15.4. The van der Waals surface area contributed by atoms with E-state index >= 15 is 0 Å². The first-order valence-corrected chi connectivity index (χ1v) is 7.40. The van der Waals surface area contributed by atoms with Crippen LogP contribution >= 0.6 is 0 Å². The van der Waals surface area contributed by atoms with E-state index in [0.717, 1.165) is 22.3 Å². The Morgan fingerprint density at radius 3 is 2.48 bits per heavy atom. The molecule has 4 heteroatoms. The minimum Gasteiger partial charge on any atom is -0.493 e. The number of ether oxygens (including phenoxy) is 4. The molecule has 0 radical (unpaired) electrons. The molecule has 1 heterocycles. The predicted molar refractivity (Wildman–Crippen MR) is 89.3 cm³/mol. The number of hydrogen-bond donors (Lipinski definition) is 0. The quantitative estimate of drug-likeness (QED) is 0.795. The highest BCUT2D eigenvalue weighted by Crippen LogP contribution is 2.50. The van der Waals surface area contributed by atoms with E-state index in [1.54, 1.807) is 21.3 Å². The molecule has 0 fully saturated rings. The van der Waals surface area contributed by atoms with E-state index in [9.17, 15) is 0 Å². The average Bonchev–Trinajstić information content (AvgIpc) is 2.76. The van der Waals surface area contributed by atoms with Gasteiger partial charge in [0.25, 0.3) is 0 Å². The first-order valence-electron chi connectivity index (χ1n) is 7.40. The Hall–Kier alpha value is -2.46. The maximum Gasteiger partial charge on any atom is 0.203 e. The Morgan fingerprint density at radius 1 is 1.09 bits per heavy atom. The van der Waals surface area contributed by atoms with E-state index in [2.05, 4.69) is 12.6 Å². The fourth-order valence-corrected chi connectivity index (χ4v) is 3.05. The zero-order chi connectivity index (χ0) is 16.4. The van der Waals surface area contributed by atoms with Gasteiger partial charge in [-0.3, -0.25) is 0 Å². The van der Waals surface area contributed by atoms with Gasteiger partial charge >= 0.3 is 0 Å². The van der Waals surface area contributed by atoms with E-state index in [1.807, 2.05) is 30.3 Å². The molecule has 0 saturated carbocycles. The van der Waals surface area contributed by atoms with Crippen LogP contribution in [0.2, 0.25) is 0 Å². The zero-order valence-electron chi connectivity index (χ0n) is 13.6. The van der Waals surface area contributed by atoms with Crippen molar-refractivity contribution in [1.29, 1.82) is 0 Å². The third-order valence-electron chi connectivity index (χ3n) is 4.08. The van der Waals surface area contributed by atoms with E-state index in [1.165, 1.54) is 0 Å². The second-order valence-electron chi connectivity index (χ2n) is 5.23. The third-order valence-corrected chi connectivity index (χ3v) is 4.08. The molecule has 0 spiro atoms. The van der Waals surface area contributed by atoms with Gasteiger partial charge < -0.3 is 18.9 Å². The van der Waals surface area contributed by atoms with Crippen molar-refractivity contribution in [3.05, 3.63) is 54.1 Å². The van der Waals surface area contributed by atoms with Gasteiger partial charge in [0, 0.05) is 5.56 Å². The number of rotatable bonds is 4. The monoisotopic (exact) mass is 312 g/mol. The third kappa shape index (κ3) is 2.45. The molecule has 0 aromatic heterocycles. The van der Waals surface area contributed by atoms with Crippen LogP contribution in [0.15, 0.2) is 43.0 Å². The van der Waals surface area contributed by atoms with Crippen molar-refractivity contribution in [2.24, 2.45) is 0 Å². The lowest BCUT2D eigenvalue weighted by Crippen LogP contribution is -2.00. The summed E-state index contributed by atoms with van der Waals surface area (Å²) in [6.07, 6.45) is 1.64. The summed E-state index contributed by atoms with van der Waals surface area (Å²) < 4.78 is 22.6. The van der Waals surface area contributed by atoms with Gasteiger partial charge in [0.1, 0.15) is 6.10 Å². The molecule has 2 aromatic rings. The second kappa shape index (κ2) is 6.34. The molecular weight excluding hydrogens is 292 g/mol. The maximum absolute atomic E-state index is 6.01. The molecule has 1 aliphatic heterocycles. The molecule has 0 amide bonds. The normalized spacial score (nSPS) is 15.9. The van der Waals surface area contributed by atoms with Crippen LogP contribution in [0.25, 0.3) is 11.1 Å². The van der Waals surface area contributed by atoms with Crippen LogP contribution in [-0.4, -0.2) is 21.3 Å². The van der Waals surface area contributed by atoms with Gasteiger partial charge in [-0.1, -0.05) is 30.3 Å². The van der Waals surface area contributed by atoms with Crippen LogP contribution in [0, 0.1) is 0 Å². The Morgan fingerprint density at radius 2 is 1.83 bits per heavy atom. The number of methoxy groups -OCH3 is 3. The first-order chi connectivity index (χ1) is 11.2. The average molecular weight is 312 g/mol. The lowest BCUT2D eigenvalue weighted by molar-refractivity contribution is 0.0744. The highest BCUT2D eigenvalue weighted by molar-refractivity contribution is 5.82. The summed E-state index contributed by atoms with van der Waals surface area (Å²) in [5.41, 5.74) is 4.09. The van der Waals surface area contributed by atoms with Crippen molar-refractivity contribution >= 4 is 0 Å². The minimum absolute atomic E-state index is 0.166. The van der Waals surface area contributed by atoms with Crippen LogP contribution in [-0.2, 0) is 11.3 Å². The van der Waals surface area contributed by atoms with Gasteiger partial charge in [0.15, 0.2) is 11.5 Å². The molecule has 0 saturated heterocycles. The smallest absolute Gasteiger partial charge is 0.203 e. The Bertz CT molecular complexity index is 736. The molecule has 1 unspecified atom stereocenters. The highest BCUT2D eigenvalue weighted by atomic mass is 16.5. The van der Waals surface area contributed by atoms with Crippen LogP contribution in [0.3, 0.4) is 0 Å². The minimum atomic E-state index is -0.166. The van der Waals surface area contributed by atoms with Gasteiger partial charge in [-0.25, -0.2) is 0 Å². The molecule has 23 heavy (non-hydrogen) atoms. The van der Waals surface area contributed by atoms with Crippen molar-refractivity contribution in [1.82, 2.24) is 0 Å². The molecule has 120 valence electrons. The van der Waals surface area contributed by atoms with Gasteiger partial charge in [0.2, 0.25) is 5.75 Å². The molecule has 0 N–H and O–H groups in total.